The van der Waals surface area contributed by atoms with Crippen molar-refractivity contribution in [3.63, 3.8) is 0 Å². The molecule has 28 heavy (non-hydrogen) atoms. The molecule has 0 aliphatic carbocycles. The standard InChI is InChI=1S/C20H35N3O3S.HI/c1-6-21-20(23-17(4)12-14-27(5,24)25)22-13-11-18-7-9-19(10-8-18)26-15-16(2)3;/h7-10,16-17H,6,11-15H2,1-5H3,(H2,21,22,23);1H. The summed E-state index contributed by atoms with van der Waals surface area (Å²) in [5.74, 6) is 2.29. The monoisotopic (exact) mass is 525 g/mol. The maximum absolute atomic E-state index is 11.3. The normalized spacial score (nSPS) is 13.0. The van der Waals surface area contributed by atoms with E-state index < -0.39 is 9.84 Å². The van der Waals surface area contributed by atoms with Gasteiger partial charge in [-0.3, -0.25) is 4.99 Å². The molecule has 0 fully saturated rings. The van der Waals surface area contributed by atoms with Crippen molar-refractivity contribution in [2.24, 2.45) is 10.9 Å². The molecule has 0 heterocycles. The number of rotatable bonds is 11. The van der Waals surface area contributed by atoms with Crippen LogP contribution in [0, 0.1) is 5.92 Å². The summed E-state index contributed by atoms with van der Waals surface area (Å²) in [6, 6.07) is 8.17. The number of nitrogens with one attached hydrogen (secondary N) is 2. The number of hydrogen-bond donors (Lipinski definition) is 2. The Balaban J connectivity index is 0.00000729. The summed E-state index contributed by atoms with van der Waals surface area (Å²) in [7, 11) is -2.94. The van der Waals surface area contributed by atoms with Crippen molar-refractivity contribution in [2.45, 2.75) is 46.6 Å². The minimum Gasteiger partial charge on any atom is -0.493 e. The molecule has 1 rings (SSSR count). The fraction of sp³-hybridized carbons (Fsp3) is 0.650. The number of guanidine groups is 1. The van der Waals surface area contributed by atoms with Crippen LogP contribution >= 0.6 is 24.0 Å². The number of sulfone groups is 1. The summed E-state index contributed by atoms with van der Waals surface area (Å²) in [4.78, 5) is 4.59. The number of hydrogen-bond acceptors (Lipinski definition) is 4. The minimum atomic E-state index is -2.94. The van der Waals surface area contributed by atoms with Gasteiger partial charge in [0.15, 0.2) is 5.96 Å². The van der Waals surface area contributed by atoms with Gasteiger partial charge < -0.3 is 15.4 Å². The SMILES string of the molecule is CCNC(=NCCc1ccc(OCC(C)C)cc1)NC(C)CCS(C)(=O)=O.I. The van der Waals surface area contributed by atoms with Gasteiger partial charge >= 0.3 is 0 Å². The summed E-state index contributed by atoms with van der Waals surface area (Å²) in [6.45, 7) is 10.4. The first-order chi connectivity index (χ1) is 12.7. The average molecular weight is 525 g/mol. The van der Waals surface area contributed by atoms with Gasteiger partial charge in [-0.25, -0.2) is 8.42 Å². The second-order valence-corrected chi connectivity index (χ2v) is 9.58. The molecule has 0 spiro atoms. The zero-order valence-electron chi connectivity index (χ0n) is 17.7. The Bertz CT molecular complexity index is 676. The van der Waals surface area contributed by atoms with Crippen LogP contribution in [0.5, 0.6) is 5.75 Å². The zero-order valence-corrected chi connectivity index (χ0v) is 20.8. The van der Waals surface area contributed by atoms with E-state index >= 15 is 0 Å². The lowest BCUT2D eigenvalue weighted by Gasteiger charge is -2.17. The highest BCUT2D eigenvalue weighted by Gasteiger charge is 2.09. The number of nitrogens with zero attached hydrogens (tertiary/aromatic N) is 1. The molecule has 0 saturated carbocycles. The maximum atomic E-state index is 11.3. The molecule has 1 aromatic rings. The first-order valence-electron chi connectivity index (χ1n) is 9.64. The Morgan fingerprint density at radius 3 is 2.36 bits per heavy atom. The van der Waals surface area contributed by atoms with Crippen molar-refractivity contribution in [1.29, 1.82) is 0 Å². The molecule has 0 saturated heterocycles. The lowest BCUT2D eigenvalue weighted by atomic mass is 10.1. The Kier molecular flexibility index (Phi) is 13.5. The van der Waals surface area contributed by atoms with Crippen molar-refractivity contribution < 1.29 is 13.2 Å². The Morgan fingerprint density at radius 1 is 1.18 bits per heavy atom. The van der Waals surface area contributed by atoms with Gasteiger partial charge in [-0.2, -0.15) is 0 Å². The predicted octanol–water partition coefficient (Wildman–Crippen LogP) is 3.26. The molecule has 8 heteroatoms. The quantitative estimate of drug-likeness (QED) is 0.264. The third kappa shape index (κ3) is 13.2. The van der Waals surface area contributed by atoms with E-state index in [-0.39, 0.29) is 35.8 Å². The average Bonchev–Trinajstić information content (AvgIpc) is 2.59. The van der Waals surface area contributed by atoms with E-state index in [1.807, 2.05) is 26.0 Å². The molecule has 0 aromatic heterocycles. The minimum absolute atomic E-state index is 0. The van der Waals surface area contributed by atoms with Crippen LogP contribution in [-0.4, -0.2) is 52.1 Å². The Hall–Kier alpha value is -1.03. The van der Waals surface area contributed by atoms with Gasteiger partial charge in [-0.1, -0.05) is 26.0 Å². The van der Waals surface area contributed by atoms with E-state index in [4.69, 9.17) is 4.74 Å². The summed E-state index contributed by atoms with van der Waals surface area (Å²) in [5, 5.41) is 6.47. The van der Waals surface area contributed by atoms with Gasteiger partial charge in [0.05, 0.1) is 12.4 Å². The van der Waals surface area contributed by atoms with E-state index in [9.17, 15) is 8.42 Å². The van der Waals surface area contributed by atoms with Gasteiger partial charge in [-0.15, -0.1) is 24.0 Å². The van der Waals surface area contributed by atoms with Crippen molar-refractivity contribution in [2.75, 3.05) is 31.7 Å². The molecule has 0 aliphatic heterocycles. The van der Waals surface area contributed by atoms with Crippen molar-refractivity contribution in [1.82, 2.24) is 10.6 Å². The molecule has 0 bridgehead atoms. The largest absolute Gasteiger partial charge is 0.493 e. The van der Waals surface area contributed by atoms with E-state index in [0.29, 0.717) is 18.9 Å². The lowest BCUT2D eigenvalue weighted by Crippen LogP contribution is -2.43. The molecule has 2 N–H and O–H groups in total. The number of halogens is 1. The molecule has 0 aliphatic rings. The highest BCUT2D eigenvalue weighted by Crippen LogP contribution is 2.13. The fourth-order valence-corrected chi connectivity index (χ4v) is 3.11. The van der Waals surface area contributed by atoms with Crippen molar-refractivity contribution in [3.8, 4) is 5.75 Å². The smallest absolute Gasteiger partial charge is 0.191 e. The first kappa shape index (κ1) is 27.0. The van der Waals surface area contributed by atoms with Gasteiger partial charge in [0, 0.05) is 25.4 Å². The molecule has 1 aromatic carbocycles. The zero-order chi connectivity index (χ0) is 20.3. The second kappa shape index (κ2) is 14.0. The third-order valence-corrected chi connectivity index (χ3v) is 4.80. The highest BCUT2D eigenvalue weighted by molar-refractivity contribution is 14.0. The van der Waals surface area contributed by atoms with Crippen LogP contribution in [0.1, 0.15) is 39.7 Å². The first-order valence-corrected chi connectivity index (χ1v) is 11.7. The topological polar surface area (TPSA) is 79.8 Å². The van der Waals surface area contributed by atoms with E-state index in [0.717, 1.165) is 31.3 Å². The van der Waals surface area contributed by atoms with E-state index in [2.05, 4.69) is 41.6 Å². The Labute approximate surface area is 187 Å². The fourth-order valence-electron chi connectivity index (χ4n) is 2.33. The summed E-state index contributed by atoms with van der Waals surface area (Å²) in [5.41, 5.74) is 1.21. The molecule has 162 valence electrons. The third-order valence-electron chi connectivity index (χ3n) is 3.83. The molecule has 0 radical (unpaired) electrons. The molecule has 1 atom stereocenters. The van der Waals surface area contributed by atoms with Crippen molar-refractivity contribution in [3.05, 3.63) is 29.8 Å². The van der Waals surface area contributed by atoms with Crippen LogP contribution in [0.2, 0.25) is 0 Å². The lowest BCUT2D eigenvalue weighted by molar-refractivity contribution is 0.271. The summed E-state index contributed by atoms with van der Waals surface area (Å²) in [6.07, 6.45) is 2.65. The van der Waals surface area contributed by atoms with Gasteiger partial charge in [-0.05, 0) is 50.3 Å². The van der Waals surface area contributed by atoms with Crippen LogP contribution < -0.4 is 15.4 Å². The van der Waals surface area contributed by atoms with Crippen LogP contribution in [-0.2, 0) is 16.3 Å². The van der Waals surface area contributed by atoms with Crippen LogP contribution in [0.4, 0.5) is 0 Å². The van der Waals surface area contributed by atoms with Gasteiger partial charge in [0.2, 0.25) is 0 Å². The molecule has 6 nitrogen and oxygen atoms in total. The second-order valence-electron chi connectivity index (χ2n) is 7.32. The summed E-state index contributed by atoms with van der Waals surface area (Å²) < 4.78 is 28.3. The maximum Gasteiger partial charge on any atom is 0.191 e. The van der Waals surface area contributed by atoms with Crippen LogP contribution in [0.15, 0.2) is 29.3 Å². The number of ether oxygens (including phenoxy) is 1. The predicted molar refractivity (Wildman–Crippen MR) is 129 cm³/mol. The summed E-state index contributed by atoms with van der Waals surface area (Å²) >= 11 is 0. The molecular weight excluding hydrogens is 489 g/mol. The van der Waals surface area contributed by atoms with Gasteiger partial charge in [0.1, 0.15) is 15.6 Å². The Morgan fingerprint density at radius 2 is 1.82 bits per heavy atom. The molecular formula is C20H36IN3O3S. The molecule has 1 unspecified atom stereocenters. The van der Waals surface area contributed by atoms with E-state index in [1.54, 1.807) is 0 Å². The number of benzene rings is 1. The van der Waals surface area contributed by atoms with E-state index in [1.165, 1.54) is 11.8 Å². The van der Waals surface area contributed by atoms with Gasteiger partial charge in [0.25, 0.3) is 0 Å². The van der Waals surface area contributed by atoms with Crippen LogP contribution in [0.25, 0.3) is 0 Å². The molecule has 0 amide bonds. The highest BCUT2D eigenvalue weighted by atomic mass is 127. The number of aliphatic imine (C=N–C) groups is 1. The van der Waals surface area contributed by atoms with Crippen molar-refractivity contribution >= 4 is 39.8 Å². The van der Waals surface area contributed by atoms with Crippen LogP contribution in [0.3, 0.4) is 0 Å².